The fourth-order valence-corrected chi connectivity index (χ4v) is 1.70. The third-order valence-electron chi connectivity index (χ3n) is 1.47. The molecule has 0 aromatic carbocycles. The van der Waals surface area contributed by atoms with E-state index < -0.39 is 0 Å². The van der Waals surface area contributed by atoms with Crippen LogP contribution in [0.25, 0.3) is 11.6 Å². The number of aryl methyl sites for hydroxylation is 1. The van der Waals surface area contributed by atoms with Crippen molar-refractivity contribution < 1.29 is 4.42 Å². The lowest BCUT2D eigenvalue weighted by Crippen LogP contribution is -1.78. The minimum atomic E-state index is 0.648. The summed E-state index contributed by atoms with van der Waals surface area (Å²) in [7, 11) is 0. The lowest BCUT2D eigenvalue weighted by molar-refractivity contribution is 0.576. The number of hydrogen-bond donors (Lipinski definition) is 0. The van der Waals surface area contributed by atoms with Gasteiger partial charge in [0.25, 0.3) is 0 Å². The van der Waals surface area contributed by atoms with Crippen molar-refractivity contribution in [2.75, 3.05) is 0 Å². The molecule has 2 heterocycles. The normalized spacial score (nSPS) is 10.5. The van der Waals surface area contributed by atoms with Crippen molar-refractivity contribution in [3.8, 4) is 11.6 Å². The first-order valence-electron chi connectivity index (χ1n) is 3.31. The molecule has 0 N–H and O–H groups in total. The first-order valence-corrected chi connectivity index (χ1v) is 4.87. The smallest absolute Gasteiger partial charge is 0.209 e. The second-order valence-electron chi connectivity index (χ2n) is 2.30. The van der Waals surface area contributed by atoms with Gasteiger partial charge in [-0.25, -0.2) is 4.98 Å². The maximum absolute atomic E-state index is 5.22. The number of rotatable bonds is 1. The first-order chi connectivity index (χ1) is 5.77. The molecule has 62 valence electrons. The first kappa shape index (κ1) is 7.94. The molecule has 2 rings (SSSR count). The van der Waals surface area contributed by atoms with Gasteiger partial charge in [0.05, 0.1) is 6.26 Å². The molecule has 12 heavy (non-hydrogen) atoms. The summed E-state index contributed by atoms with van der Waals surface area (Å²) in [5, 5.41) is 0. The van der Waals surface area contributed by atoms with Crippen LogP contribution in [0.1, 0.15) is 5.56 Å². The molecule has 5 heteroatoms. The molecular weight excluding hydrogens is 240 g/mol. The van der Waals surface area contributed by atoms with Crippen molar-refractivity contribution in [2.24, 2.45) is 0 Å². The van der Waals surface area contributed by atoms with Crippen LogP contribution in [-0.2, 0) is 0 Å². The summed E-state index contributed by atoms with van der Waals surface area (Å²) in [5.41, 5.74) is 1.06. The Morgan fingerprint density at radius 2 is 2.42 bits per heavy atom. The van der Waals surface area contributed by atoms with E-state index in [1.54, 1.807) is 6.26 Å². The van der Waals surface area contributed by atoms with Crippen molar-refractivity contribution in [3.63, 3.8) is 0 Å². The number of halogens is 1. The van der Waals surface area contributed by atoms with Gasteiger partial charge in [-0.2, -0.15) is 4.37 Å². The Labute approximate surface area is 81.7 Å². The Hall–Kier alpha value is -0.680. The molecule has 0 spiro atoms. The molecular formula is C7H5BrN2OS. The van der Waals surface area contributed by atoms with Crippen molar-refractivity contribution in [3.05, 3.63) is 21.8 Å². The minimum Gasteiger partial charge on any atom is -0.461 e. The summed E-state index contributed by atoms with van der Waals surface area (Å²) >= 11 is 4.55. The van der Waals surface area contributed by atoms with E-state index in [4.69, 9.17) is 4.42 Å². The molecule has 0 atom stereocenters. The van der Waals surface area contributed by atoms with Gasteiger partial charge in [0.2, 0.25) is 5.82 Å². The molecule has 0 unspecified atom stereocenters. The van der Waals surface area contributed by atoms with Gasteiger partial charge in [0, 0.05) is 0 Å². The summed E-state index contributed by atoms with van der Waals surface area (Å²) < 4.78 is 10.1. The maximum Gasteiger partial charge on any atom is 0.209 e. The molecule has 2 aromatic heterocycles. The predicted molar refractivity (Wildman–Crippen MR) is 50.0 cm³/mol. The van der Waals surface area contributed by atoms with Crippen LogP contribution in [0, 0.1) is 6.92 Å². The second-order valence-corrected chi connectivity index (χ2v) is 4.33. The molecule has 0 bridgehead atoms. The molecule has 0 aliphatic carbocycles. The number of furan rings is 1. The van der Waals surface area contributed by atoms with Crippen LogP contribution in [0.3, 0.4) is 0 Å². The summed E-state index contributed by atoms with van der Waals surface area (Å²) in [5.74, 6) is 1.39. The average molecular weight is 245 g/mol. The van der Waals surface area contributed by atoms with Gasteiger partial charge in [0.15, 0.2) is 9.68 Å². The van der Waals surface area contributed by atoms with Crippen LogP contribution in [0.15, 0.2) is 20.7 Å². The van der Waals surface area contributed by atoms with Crippen LogP contribution >= 0.6 is 27.5 Å². The Kier molecular flexibility index (Phi) is 1.98. The predicted octanol–water partition coefficient (Wildman–Crippen LogP) is 2.87. The molecule has 0 fully saturated rings. The van der Waals surface area contributed by atoms with Crippen LogP contribution in [0.5, 0.6) is 0 Å². The molecule has 0 saturated carbocycles. The summed E-state index contributed by atoms with van der Waals surface area (Å²) in [6.07, 6.45) is 1.64. The topological polar surface area (TPSA) is 38.9 Å². The van der Waals surface area contributed by atoms with Crippen molar-refractivity contribution >= 4 is 27.5 Å². The largest absolute Gasteiger partial charge is 0.461 e. The Morgan fingerprint density at radius 3 is 2.92 bits per heavy atom. The zero-order valence-corrected chi connectivity index (χ0v) is 8.65. The number of aromatic nitrogens is 2. The number of hydrogen-bond acceptors (Lipinski definition) is 4. The molecule has 3 nitrogen and oxygen atoms in total. The SMILES string of the molecule is Cc1ccoc1-c1nsc(Br)n1. The third-order valence-corrected chi connectivity index (χ3v) is 2.58. The van der Waals surface area contributed by atoms with Crippen LogP contribution in [0.2, 0.25) is 0 Å². The number of nitrogens with zero attached hydrogens (tertiary/aromatic N) is 2. The molecule has 2 aromatic rings. The van der Waals surface area contributed by atoms with Gasteiger partial charge < -0.3 is 4.42 Å². The van der Waals surface area contributed by atoms with Crippen molar-refractivity contribution in [2.45, 2.75) is 6.92 Å². The zero-order chi connectivity index (χ0) is 8.55. The summed E-state index contributed by atoms with van der Waals surface area (Å²) in [4.78, 5) is 4.14. The van der Waals surface area contributed by atoms with Gasteiger partial charge in [-0.05, 0) is 46.0 Å². The Bertz CT molecular complexity index is 396. The third kappa shape index (κ3) is 1.30. The summed E-state index contributed by atoms with van der Waals surface area (Å²) in [6, 6.07) is 1.89. The van der Waals surface area contributed by atoms with Crippen LogP contribution in [-0.4, -0.2) is 9.36 Å². The lowest BCUT2D eigenvalue weighted by atomic mass is 10.3. The van der Waals surface area contributed by atoms with E-state index in [0.717, 1.165) is 15.2 Å². The van der Waals surface area contributed by atoms with E-state index in [9.17, 15) is 0 Å². The standard InChI is InChI=1S/C7H5BrN2OS/c1-4-2-3-11-5(4)6-9-7(8)12-10-6/h2-3H,1H3. The van der Waals surface area contributed by atoms with Gasteiger partial charge in [-0.15, -0.1) is 0 Å². The van der Waals surface area contributed by atoms with Crippen LogP contribution < -0.4 is 0 Å². The zero-order valence-electron chi connectivity index (χ0n) is 6.24. The van der Waals surface area contributed by atoms with Gasteiger partial charge in [-0.1, -0.05) is 0 Å². The molecule has 0 amide bonds. The van der Waals surface area contributed by atoms with E-state index in [1.165, 1.54) is 11.5 Å². The van der Waals surface area contributed by atoms with E-state index in [2.05, 4.69) is 25.3 Å². The highest BCUT2D eigenvalue weighted by molar-refractivity contribution is 9.11. The van der Waals surface area contributed by atoms with Crippen molar-refractivity contribution in [1.29, 1.82) is 0 Å². The average Bonchev–Trinajstić information content (AvgIpc) is 2.58. The fourth-order valence-electron chi connectivity index (χ4n) is 0.899. The minimum absolute atomic E-state index is 0.648. The van der Waals surface area contributed by atoms with Gasteiger partial charge in [0.1, 0.15) is 0 Å². The highest BCUT2D eigenvalue weighted by atomic mass is 79.9. The quantitative estimate of drug-likeness (QED) is 0.775. The molecule has 0 aliphatic rings. The fraction of sp³-hybridized carbons (Fsp3) is 0.143. The van der Waals surface area contributed by atoms with E-state index >= 15 is 0 Å². The second kappa shape index (κ2) is 2.99. The molecule has 0 radical (unpaired) electrons. The highest BCUT2D eigenvalue weighted by Gasteiger charge is 2.10. The van der Waals surface area contributed by atoms with E-state index in [0.29, 0.717) is 5.82 Å². The highest BCUT2D eigenvalue weighted by Crippen LogP contribution is 2.24. The van der Waals surface area contributed by atoms with Gasteiger partial charge in [-0.3, -0.25) is 0 Å². The van der Waals surface area contributed by atoms with Gasteiger partial charge >= 0.3 is 0 Å². The molecule has 0 aliphatic heterocycles. The maximum atomic E-state index is 5.22. The van der Waals surface area contributed by atoms with Crippen molar-refractivity contribution in [1.82, 2.24) is 9.36 Å². The van der Waals surface area contributed by atoms with E-state index in [-0.39, 0.29) is 0 Å². The molecule has 0 saturated heterocycles. The van der Waals surface area contributed by atoms with Crippen LogP contribution in [0.4, 0.5) is 0 Å². The Morgan fingerprint density at radius 1 is 1.58 bits per heavy atom. The summed E-state index contributed by atoms with van der Waals surface area (Å²) in [6.45, 7) is 1.97. The monoisotopic (exact) mass is 244 g/mol. The lowest BCUT2D eigenvalue weighted by Gasteiger charge is -1.88. The van der Waals surface area contributed by atoms with E-state index in [1.807, 2.05) is 13.0 Å². The Balaban J connectivity index is 2.50.